The Morgan fingerprint density at radius 3 is 2.33 bits per heavy atom. The fourth-order valence-corrected chi connectivity index (χ4v) is 4.66. The van der Waals surface area contributed by atoms with E-state index in [1.54, 1.807) is 24.3 Å². The maximum atomic E-state index is 13.3. The van der Waals surface area contributed by atoms with E-state index in [-0.39, 0.29) is 42.5 Å². The van der Waals surface area contributed by atoms with E-state index in [9.17, 15) is 24.3 Å². The van der Waals surface area contributed by atoms with Gasteiger partial charge in [0, 0.05) is 37.1 Å². The highest BCUT2D eigenvalue weighted by Gasteiger charge is 2.41. The first-order chi connectivity index (χ1) is 20.3. The van der Waals surface area contributed by atoms with E-state index in [2.05, 4.69) is 10.3 Å². The van der Waals surface area contributed by atoms with Crippen molar-refractivity contribution in [1.82, 2.24) is 10.3 Å². The summed E-state index contributed by atoms with van der Waals surface area (Å²) in [5.74, 6) is -0.951. The third-order valence-corrected chi connectivity index (χ3v) is 6.85. The number of carboxylic acid groups (broad SMARTS) is 1. The molecule has 2 amide bonds. The lowest BCUT2D eigenvalue weighted by Crippen LogP contribution is -2.63. The summed E-state index contributed by atoms with van der Waals surface area (Å²) in [4.78, 5) is 60.9. The molecule has 1 fully saturated rings. The van der Waals surface area contributed by atoms with Gasteiger partial charge in [0.25, 0.3) is 5.91 Å². The van der Waals surface area contributed by atoms with Crippen LogP contribution in [0.5, 0.6) is 11.5 Å². The van der Waals surface area contributed by atoms with Crippen LogP contribution in [0.15, 0.2) is 67.0 Å². The Kier molecular flexibility index (Phi) is 9.84. The normalized spacial score (nSPS) is 18.3. The molecule has 0 aliphatic carbocycles. The molecule has 2 heterocycles. The zero-order valence-electron chi connectivity index (χ0n) is 23.2. The number of likely N-dealkylation sites (tertiary alicyclic amines) is 1. The van der Waals surface area contributed by atoms with Crippen LogP contribution in [-0.4, -0.2) is 73.5 Å². The third-order valence-electron chi connectivity index (χ3n) is 6.85. The molecular weight excluding hydrogens is 546 g/mol. The summed E-state index contributed by atoms with van der Waals surface area (Å²) in [6.07, 6.45) is 2.91. The number of benzene rings is 2. The number of amides is 2. The van der Waals surface area contributed by atoms with E-state index < -0.39 is 28.5 Å². The second kappa shape index (κ2) is 13.7. The van der Waals surface area contributed by atoms with Crippen LogP contribution in [0.1, 0.15) is 55.9 Å². The van der Waals surface area contributed by atoms with Crippen LogP contribution in [-0.2, 0) is 9.57 Å². The molecule has 1 aliphatic rings. The van der Waals surface area contributed by atoms with Crippen molar-refractivity contribution in [2.24, 2.45) is 0 Å². The number of nitrogens with zero attached hydrogens (tertiary/aromatic N) is 2. The molecular formula is C30H31N3O9. The Morgan fingerprint density at radius 1 is 0.952 bits per heavy atom. The van der Waals surface area contributed by atoms with Crippen LogP contribution in [0.4, 0.5) is 4.79 Å². The molecule has 1 aromatic heterocycles. The number of carbonyl (C=O) groups is 4. The number of pyridine rings is 1. The minimum absolute atomic E-state index is 0.0215. The molecule has 220 valence electrons. The fourth-order valence-electron chi connectivity index (χ4n) is 4.66. The van der Waals surface area contributed by atoms with Gasteiger partial charge in [-0.3, -0.25) is 19.4 Å². The van der Waals surface area contributed by atoms with Crippen molar-refractivity contribution >= 4 is 23.8 Å². The molecule has 1 N–H and O–H groups in total. The molecule has 1 saturated heterocycles. The predicted octanol–water partition coefficient (Wildman–Crippen LogP) is 2.52. The largest absolute Gasteiger partial charge is 0.497 e. The van der Waals surface area contributed by atoms with Crippen molar-refractivity contribution in [3.05, 3.63) is 89.2 Å². The highest BCUT2D eigenvalue weighted by molar-refractivity contribution is 6.11. The summed E-state index contributed by atoms with van der Waals surface area (Å²) in [6.45, 7) is -0.294. The molecule has 0 spiro atoms. The lowest BCUT2D eigenvalue weighted by atomic mass is 10.0. The van der Waals surface area contributed by atoms with Crippen LogP contribution in [0.2, 0.25) is 0 Å². The number of ether oxygens (including phenoxy) is 3. The van der Waals surface area contributed by atoms with Gasteiger partial charge in [0.15, 0.2) is 12.6 Å². The summed E-state index contributed by atoms with van der Waals surface area (Å²) in [5, 5.41) is 15.2. The van der Waals surface area contributed by atoms with Gasteiger partial charge < -0.3 is 29.4 Å². The highest BCUT2D eigenvalue weighted by Crippen LogP contribution is 2.27. The van der Waals surface area contributed by atoms with E-state index in [4.69, 9.17) is 19.0 Å². The quantitative estimate of drug-likeness (QED) is 0.228. The Morgan fingerprint density at radius 2 is 1.67 bits per heavy atom. The van der Waals surface area contributed by atoms with Crippen molar-refractivity contribution in [2.45, 2.75) is 25.3 Å². The number of hydrogen-bond acceptors (Lipinski definition) is 10. The molecule has 42 heavy (non-hydrogen) atoms. The minimum atomic E-state index is -1.60. The SMILES string of the molecule is COCOc1ccc(OC)cc1C(=O)c1ccc(C(=O)O[N+]2(C(=O)[O-])CCCCC(NC(=O)c3ccncc3)C2)cc1. The summed E-state index contributed by atoms with van der Waals surface area (Å²) in [7, 11) is 2.93. The second-order valence-corrected chi connectivity index (χ2v) is 9.66. The smallest absolute Gasteiger partial charge is 0.398 e. The summed E-state index contributed by atoms with van der Waals surface area (Å²) < 4.78 is 14.6. The third kappa shape index (κ3) is 7.09. The maximum absolute atomic E-state index is 13.3. The van der Waals surface area contributed by atoms with Gasteiger partial charge in [-0.25, -0.2) is 4.79 Å². The minimum Gasteiger partial charge on any atom is -0.497 e. The second-order valence-electron chi connectivity index (χ2n) is 9.66. The number of rotatable bonds is 9. The maximum Gasteiger partial charge on any atom is 0.398 e. The van der Waals surface area contributed by atoms with Crippen LogP contribution in [0.3, 0.4) is 0 Å². The molecule has 3 aromatic rings. The van der Waals surface area contributed by atoms with E-state index in [0.29, 0.717) is 36.3 Å². The van der Waals surface area contributed by atoms with Gasteiger partial charge in [0.2, 0.25) is 0 Å². The molecule has 0 bridgehead atoms. The van der Waals surface area contributed by atoms with Gasteiger partial charge in [-0.1, -0.05) is 16.8 Å². The topological polar surface area (TPSA) is 153 Å². The van der Waals surface area contributed by atoms with E-state index in [1.165, 1.54) is 56.9 Å². The zero-order chi connectivity index (χ0) is 30.1. The summed E-state index contributed by atoms with van der Waals surface area (Å²) in [6, 6.07) is 12.9. The number of hydroxylamine groups is 3. The Balaban J connectivity index is 1.50. The average molecular weight is 578 g/mol. The van der Waals surface area contributed by atoms with Gasteiger partial charge >= 0.3 is 12.1 Å². The number of ketones is 1. The van der Waals surface area contributed by atoms with Crippen LogP contribution in [0, 0.1) is 0 Å². The van der Waals surface area contributed by atoms with Crippen molar-refractivity contribution in [1.29, 1.82) is 0 Å². The van der Waals surface area contributed by atoms with Gasteiger partial charge in [-0.2, -0.15) is 0 Å². The first-order valence-corrected chi connectivity index (χ1v) is 13.2. The number of carbonyl (C=O) groups excluding carboxylic acids is 4. The lowest BCUT2D eigenvalue weighted by molar-refractivity contribution is -1.04. The van der Waals surface area contributed by atoms with E-state index >= 15 is 0 Å². The molecule has 2 atom stereocenters. The molecule has 12 nitrogen and oxygen atoms in total. The predicted molar refractivity (Wildman–Crippen MR) is 146 cm³/mol. The molecule has 1 aliphatic heterocycles. The van der Waals surface area contributed by atoms with Crippen LogP contribution < -0.4 is 19.9 Å². The van der Waals surface area contributed by atoms with Crippen LogP contribution >= 0.6 is 0 Å². The number of methoxy groups -OCH3 is 2. The number of nitrogens with one attached hydrogen (secondary N) is 1. The van der Waals surface area contributed by atoms with Gasteiger partial charge in [0.1, 0.15) is 24.6 Å². The molecule has 2 unspecified atom stereocenters. The molecule has 12 heteroatoms. The van der Waals surface area contributed by atoms with Gasteiger partial charge in [0.05, 0.1) is 24.3 Å². The molecule has 0 radical (unpaired) electrons. The zero-order valence-corrected chi connectivity index (χ0v) is 23.2. The number of hydrogen-bond donors (Lipinski definition) is 1. The highest BCUT2D eigenvalue weighted by atomic mass is 16.8. The number of aromatic nitrogens is 1. The summed E-state index contributed by atoms with van der Waals surface area (Å²) >= 11 is 0. The Hall–Kier alpha value is -4.81. The molecule has 4 rings (SSSR count). The lowest BCUT2D eigenvalue weighted by Gasteiger charge is -2.34. The molecule has 2 aromatic carbocycles. The number of quaternary nitrogens is 1. The first-order valence-electron chi connectivity index (χ1n) is 13.2. The van der Waals surface area contributed by atoms with Crippen molar-refractivity contribution in [2.75, 3.05) is 34.1 Å². The molecule has 0 saturated carbocycles. The Labute approximate surface area is 242 Å². The van der Waals surface area contributed by atoms with Crippen molar-refractivity contribution < 1.29 is 48.0 Å². The van der Waals surface area contributed by atoms with E-state index in [1.807, 2.05) is 0 Å². The average Bonchev–Trinajstić information content (AvgIpc) is 3.22. The summed E-state index contributed by atoms with van der Waals surface area (Å²) in [5.41, 5.74) is 0.888. The Bertz CT molecular complexity index is 1430. The van der Waals surface area contributed by atoms with E-state index in [0.717, 1.165) is 0 Å². The van der Waals surface area contributed by atoms with Crippen LogP contribution in [0.25, 0.3) is 0 Å². The van der Waals surface area contributed by atoms with Crippen molar-refractivity contribution in [3.63, 3.8) is 0 Å². The van der Waals surface area contributed by atoms with Crippen molar-refractivity contribution in [3.8, 4) is 11.5 Å². The van der Waals surface area contributed by atoms with Gasteiger partial charge in [-0.05, 0) is 55.3 Å². The standard InChI is InChI=1S/C30H31N3O9/c1-39-19-41-26-11-10-24(40-2)17-25(26)27(34)20-6-8-22(9-7-20)29(36)42-33(30(37)38)16-4-3-5-23(18-33)32-28(35)21-12-14-31-15-13-21/h6-15,17,23H,3-5,16,18-19H2,1-2H3,(H-,32,35,37,38). The monoisotopic (exact) mass is 577 g/mol. The van der Waals surface area contributed by atoms with Gasteiger partial charge in [-0.15, -0.1) is 0 Å². The first kappa shape index (κ1) is 30.2. The fraction of sp³-hybridized carbons (Fsp3) is 0.300.